The molecule has 2 heterocycles. The number of fused-ring (bicyclic) bond motifs is 1. The first kappa shape index (κ1) is 13.3. The van der Waals surface area contributed by atoms with Crippen LogP contribution >= 0.6 is 11.3 Å². The van der Waals surface area contributed by atoms with Crippen LogP contribution in [-0.2, 0) is 0 Å². The van der Waals surface area contributed by atoms with Gasteiger partial charge >= 0.3 is 0 Å². The standard InChI is InChI=1S/C15H12N4OS/c1-9-6-12-13(18-15(17-2)19-14(12)21-9)20-11-5-3-4-10(7-11)8-16/h3-7H,1-2H3,(H,17,18,19). The van der Waals surface area contributed by atoms with Crippen LogP contribution in [0.15, 0.2) is 30.3 Å². The molecule has 1 N–H and O–H groups in total. The SMILES string of the molecule is CNc1nc(Oc2cccc(C#N)c2)c2cc(C)sc2n1. The average Bonchev–Trinajstić information content (AvgIpc) is 2.88. The molecule has 6 heteroatoms. The lowest BCUT2D eigenvalue weighted by atomic mass is 10.2. The van der Waals surface area contributed by atoms with E-state index in [4.69, 9.17) is 10.00 Å². The van der Waals surface area contributed by atoms with Crippen LogP contribution in [0.1, 0.15) is 10.4 Å². The van der Waals surface area contributed by atoms with E-state index in [9.17, 15) is 0 Å². The summed E-state index contributed by atoms with van der Waals surface area (Å²) in [5.74, 6) is 1.58. The number of anilines is 1. The lowest BCUT2D eigenvalue weighted by Crippen LogP contribution is -1.98. The number of aromatic nitrogens is 2. The first-order chi connectivity index (χ1) is 10.2. The first-order valence-corrected chi connectivity index (χ1v) is 7.15. The molecule has 3 rings (SSSR count). The molecule has 0 radical (unpaired) electrons. The van der Waals surface area contributed by atoms with E-state index < -0.39 is 0 Å². The zero-order chi connectivity index (χ0) is 14.8. The van der Waals surface area contributed by atoms with E-state index >= 15 is 0 Å². The van der Waals surface area contributed by atoms with E-state index in [0.717, 1.165) is 15.1 Å². The highest BCUT2D eigenvalue weighted by molar-refractivity contribution is 7.18. The Kier molecular flexibility index (Phi) is 3.42. The predicted octanol–water partition coefficient (Wildman–Crippen LogP) is 3.71. The molecule has 0 spiro atoms. The number of hydrogen-bond donors (Lipinski definition) is 1. The van der Waals surface area contributed by atoms with Gasteiger partial charge in [0.1, 0.15) is 10.6 Å². The van der Waals surface area contributed by atoms with Gasteiger partial charge in [0, 0.05) is 11.9 Å². The van der Waals surface area contributed by atoms with Crippen molar-refractivity contribution in [3.05, 3.63) is 40.8 Å². The second-order valence-electron chi connectivity index (χ2n) is 4.42. The van der Waals surface area contributed by atoms with Crippen LogP contribution in [0.5, 0.6) is 11.6 Å². The molecule has 2 aromatic heterocycles. The Morgan fingerprint density at radius 2 is 2.14 bits per heavy atom. The number of nitrogens with zero attached hydrogens (tertiary/aromatic N) is 3. The third-order valence-electron chi connectivity index (χ3n) is 2.88. The van der Waals surface area contributed by atoms with Crippen LogP contribution in [0.2, 0.25) is 0 Å². The maximum absolute atomic E-state index is 8.95. The number of hydrogen-bond acceptors (Lipinski definition) is 6. The summed E-state index contributed by atoms with van der Waals surface area (Å²) in [6.45, 7) is 2.02. The number of ether oxygens (including phenoxy) is 1. The summed E-state index contributed by atoms with van der Waals surface area (Å²) in [6.07, 6.45) is 0. The summed E-state index contributed by atoms with van der Waals surface area (Å²) in [7, 11) is 1.77. The van der Waals surface area contributed by atoms with E-state index in [1.807, 2.05) is 13.0 Å². The van der Waals surface area contributed by atoms with Crippen molar-refractivity contribution in [1.29, 1.82) is 5.26 Å². The fourth-order valence-electron chi connectivity index (χ4n) is 1.95. The highest BCUT2D eigenvalue weighted by atomic mass is 32.1. The molecule has 1 aromatic carbocycles. The molecule has 104 valence electrons. The Morgan fingerprint density at radius 1 is 1.29 bits per heavy atom. The zero-order valence-corrected chi connectivity index (χ0v) is 12.4. The minimum atomic E-state index is 0.490. The van der Waals surface area contributed by atoms with Crippen molar-refractivity contribution in [1.82, 2.24) is 9.97 Å². The number of rotatable bonds is 3. The fraction of sp³-hybridized carbons (Fsp3) is 0.133. The maximum Gasteiger partial charge on any atom is 0.232 e. The Labute approximate surface area is 125 Å². The number of benzene rings is 1. The lowest BCUT2D eigenvalue weighted by Gasteiger charge is -2.07. The summed E-state index contributed by atoms with van der Waals surface area (Å²) in [4.78, 5) is 10.8. The molecule has 0 saturated heterocycles. The quantitative estimate of drug-likeness (QED) is 0.798. The molecule has 3 aromatic rings. The molecule has 0 amide bonds. The van der Waals surface area contributed by atoms with Crippen molar-refractivity contribution in [3.63, 3.8) is 0 Å². The van der Waals surface area contributed by atoms with Gasteiger partial charge in [0.25, 0.3) is 0 Å². The van der Waals surface area contributed by atoms with Crippen molar-refractivity contribution in [2.45, 2.75) is 6.92 Å². The predicted molar refractivity (Wildman–Crippen MR) is 82.9 cm³/mol. The molecular weight excluding hydrogens is 284 g/mol. The van der Waals surface area contributed by atoms with Crippen LogP contribution in [0, 0.1) is 18.3 Å². The highest BCUT2D eigenvalue weighted by Crippen LogP contribution is 2.33. The number of nitrogens with one attached hydrogen (secondary N) is 1. The summed E-state index contributed by atoms with van der Waals surface area (Å²) >= 11 is 1.59. The van der Waals surface area contributed by atoms with E-state index in [2.05, 4.69) is 21.4 Å². The van der Waals surface area contributed by atoms with Gasteiger partial charge in [-0.3, -0.25) is 0 Å². The third-order valence-corrected chi connectivity index (χ3v) is 3.83. The lowest BCUT2D eigenvalue weighted by molar-refractivity contribution is 0.469. The molecule has 0 saturated carbocycles. The maximum atomic E-state index is 8.95. The Balaban J connectivity index is 2.08. The van der Waals surface area contributed by atoms with E-state index in [1.54, 1.807) is 42.6 Å². The molecule has 0 aliphatic heterocycles. The molecule has 21 heavy (non-hydrogen) atoms. The number of thiophene rings is 1. The van der Waals surface area contributed by atoms with Gasteiger partial charge < -0.3 is 10.1 Å². The number of aryl methyl sites for hydroxylation is 1. The van der Waals surface area contributed by atoms with Crippen LogP contribution < -0.4 is 10.1 Å². The van der Waals surface area contributed by atoms with E-state index in [0.29, 0.717) is 23.1 Å². The summed E-state index contributed by atoms with van der Waals surface area (Å²) < 4.78 is 5.85. The van der Waals surface area contributed by atoms with Gasteiger partial charge in [0.15, 0.2) is 0 Å². The van der Waals surface area contributed by atoms with Gasteiger partial charge in [-0.25, -0.2) is 4.98 Å². The van der Waals surface area contributed by atoms with Gasteiger partial charge in [-0.2, -0.15) is 10.2 Å². The molecule has 0 fully saturated rings. The minimum absolute atomic E-state index is 0.490. The van der Waals surface area contributed by atoms with Crippen molar-refractivity contribution < 1.29 is 4.74 Å². The third kappa shape index (κ3) is 2.64. The van der Waals surface area contributed by atoms with Crippen molar-refractivity contribution in [2.24, 2.45) is 0 Å². The molecule has 0 unspecified atom stereocenters. The first-order valence-electron chi connectivity index (χ1n) is 6.33. The largest absolute Gasteiger partial charge is 0.438 e. The zero-order valence-electron chi connectivity index (χ0n) is 11.5. The van der Waals surface area contributed by atoms with Gasteiger partial charge in [0.05, 0.1) is 17.0 Å². The summed E-state index contributed by atoms with van der Waals surface area (Å²) in [5.41, 5.74) is 0.549. The molecular formula is C15H12N4OS. The van der Waals surface area contributed by atoms with Crippen molar-refractivity contribution >= 4 is 27.5 Å². The van der Waals surface area contributed by atoms with Crippen LogP contribution in [-0.4, -0.2) is 17.0 Å². The van der Waals surface area contributed by atoms with Gasteiger partial charge in [0.2, 0.25) is 11.8 Å². The Hall–Kier alpha value is -2.65. The molecule has 0 aliphatic rings. The van der Waals surface area contributed by atoms with E-state index in [1.165, 1.54) is 0 Å². The van der Waals surface area contributed by atoms with Crippen LogP contribution in [0.3, 0.4) is 0 Å². The molecule has 0 aliphatic carbocycles. The molecule has 0 atom stereocenters. The molecule has 0 bridgehead atoms. The second-order valence-corrected chi connectivity index (χ2v) is 5.65. The van der Waals surface area contributed by atoms with Gasteiger partial charge in [-0.05, 0) is 31.2 Å². The fourth-order valence-corrected chi connectivity index (χ4v) is 2.82. The second kappa shape index (κ2) is 5.38. The van der Waals surface area contributed by atoms with Crippen molar-refractivity contribution in [3.8, 4) is 17.7 Å². The summed E-state index contributed by atoms with van der Waals surface area (Å²) in [6, 6.07) is 11.1. The minimum Gasteiger partial charge on any atom is -0.438 e. The van der Waals surface area contributed by atoms with Gasteiger partial charge in [-0.15, -0.1) is 11.3 Å². The topological polar surface area (TPSA) is 70.8 Å². The van der Waals surface area contributed by atoms with Crippen LogP contribution in [0.25, 0.3) is 10.2 Å². The van der Waals surface area contributed by atoms with E-state index in [-0.39, 0.29) is 0 Å². The monoisotopic (exact) mass is 296 g/mol. The average molecular weight is 296 g/mol. The van der Waals surface area contributed by atoms with Crippen LogP contribution in [0.4, 0.5) is 5.95 Å². The van der Waals surface area contributed by atoms with Crippen molar-refractivity contribution in [2.75, 3.05) is 12.4 Å². The van der Waals surface area contributed by atoms with Gasteiger partial charge in [-0.1, -0.05) is 6.07 Å². The Bertz CT molecular complexity index is 850. The smallest absolute Gasteiger partial charge is 0.232 e. The molecule has 5 nitrogen and oxygen atoms in total. The highest BCUT2D eigenvalue weighted by Gasteiger charge is 2.12. The number of nitriles is 1. The summed E-state index contributed by atoms with van der Waals surface area (Å²) in [5, 5.41) is 12.7. The normalized spacial score (nSPS) is 10.3. The Morgan fingerprint density at radius 3 is 2.90 bits per heavy atom.